The highest BCUT2D eigenvalue weighted by Gasteiger charge is 2.34. The van der Waals surface area contributed by atoms with E-state index in [0.717, 1.165) is 0 Å². The lowest BCUT2D eigenvalue weighted by atomic mass is 10.0. The van der Waals surface area contributed by atoms with Crippen LogP contribution >= 0.6 is 11.3 Å². The predicted octanol–water partition coefficient (Wildman–Crippen LogP) is -0.0345. The van der Waals surface area contributed by atoms with E-state index in [1.807, 2.05) is 0 Å². The Morgan fingerprint density at radius 1 is 1.07 bits per heavy atom. The monoisotopic (exact) mass is 402 g/mol. The summed E-state index contributed by atoms with van der Waals surface area (Å²) < 4.78 is 5.28. The number of hydrogen-bond acceptors (Lipinski definition) is 6. The van der Waals surface area contributed by atoms with Gasteiger partial charge in [0.25, 0.3) is 17.7 Å². The van der Waals surface area contributed by atoms with Gasteiger partial charge in [0, 0.05) is 23.8 Å². The molecule has 0 unspecified atom stereocenters. The number of carbonyl (C=O) groups is 4. The molecule has 1 aliphatic rings. The third-order valence-corrected chi connectivity index (χ3v) is 4.91. The zero-order chi connectivity index (χ0) is 20.3. The summed E-state index contributed by atoms with van der Waals surface area (Å²) in [6.45, 7) is 0.293. The molecule has 9 nitrogen and oxygen atoms in total. The van der Waals surface area contributed by atoms with Crippen LogP contribution < -0.4 is 21.5 Å². The molecule has 2 heterocycles. The van der Waals surface area contributed by atoms with Gasteiger partial charge in [0.05, 0.1) is 22.7 Å². The average molecular weight is 402 g/mol. The molecule has 10 heteroatoms. The lowest BCUT2D eigenvalue weighted by Gasteiger charge is -2.39. The minimum atomic E-state index is -0.663. The summed E-state index contributed by atoms with van der Waals surface area (Å²) in [6, 6.07) is 6.30. The van der Waals surface area contributed by atoms with Gasteiger partial charge >= 0.3 is 0 Å². The molecule has 0 radical (unpaired) electrons. The van der Waals surface area contributed by atoms with Crippen LogP contribution in [-0.4, -0.2) is 54.3 Å². The molecule has 0 atom stereocenters. The number of carbonyl (C=O) groups excluding carboxylic acids is 4. The van der Waals surface area contributed by atoms with Crippen molar-refractivity contribution in [3.8, 4) is 5.75 Å². The topological polar surface area (TPSA) is 145 Å². The number of primary amides is 2. The van der Waals surface area contributed by atoms with E-state index in [4.69, 9.17) is 16.2 Å². The number of nitrogens with two attached hydrogens (primary N) is 2. The first-order chi connectivity index (χ1) is 13.4. The Hall–Kier alpha value is -3.40. The summed E-state index contributed by atoms with van der Waals surface area (Å²) in [6.07, 6.45) is 0. The van der Waals surface area contributed by atoms with Crippen LogP contribution in [-0.2, 0) is 4.79 Å². The maximum absolute atomic E-state index is 12.7. The summed E-state index contributed by atoms with van der Waals surface area (Å²) in [5, 5.41) is 5.86. The third-order valence-electron chi connectivity index (χ3n) is 4.16. The van der Waals surface area contributed by atoms with Gasteiger partial charge < -0.3 is 26.4 Å². The van der Waals surface area contributed by atoms with Crippen molar-refractivity contribution in [2.24, 2.45) is 11.5 Å². The molecule has 0 bridgehead atoms. The highest BCUT2D eigenvalue weighted by molar-refractivity contribution is 7.08. The Bertz CT molecular complexity index is 936. The van der Waals surface area contributed by atoms with Gasteiger partial charge in [-0.15, -0.1) is 0 Å². The number of nitrogens with zero attached hydrogens (tertiary/aromatic N) is 1. The third kappa shape index (κ3) is 4.12. The lowest BCUT2D eigenvalue weighted by molar-refractivity contribution is -0.119. The van der Waals surface area contributed by atoms with Crippen LogP contribution in [0.5, 0.6) is 5.75 Å². The molecular weight excluding hydrogens is 384 g/mol. The van der Waals surface area contributed by atoms with Gasteiger partial charge in [-0.05, 0) is 12.1 Å². The molecular formula is C18H18N4O5S. The minimum absolute atomic E-state index is 0.176. The zero-order valence-corrected chi connectivity index (χ0v) is 15.5. The van der Waals surface area contributed by atoms with Gasteiger partial charge in [-0.25, -0.2) is 0 Å². The molecule has 5 N–H and O–H groups in total. The number of amides is 4. The molecule has 1 saturated heterocycles. The van der Waals surface area contributed by atoms with Crippen LogP contribution in [0.15, 0.2) is 35.0 Å². The van der Waals surface area contributed by atoms with Crippen molar-refractivity contribution in [2.45, 2.75) is 6.04 Å². The number of hydrogen-bond donors (Lipinski definition) is 3. The number of ether oxygens (including phenoxy) is 1. The van der Waals surface area contributed by atoms with E-state index in [1.54, 1.807) is 34.5 Å². The molecule has 1 aliphatic heterocycles. The van der Waals surface area contributed by atoms with Crippen molar-refractivity contribution in [3.05, 3.63) is 51.7 Å². The number of rotatable bonds is 7. The van der Waals surface area contributed by atoms with Crippen molar-refractivity contribution >= 4 is 35.0 Å². The van der Waals surface area contributed by atoms with E-state index in [9.17, 15) is 19.2 Å². The van der Waals surface area contributed by atoms with Gasteiger partial charge in [0.1, 0.15) is 5.75 Å². The summed E-state index contributed by atoms with van der Waals surface area (Å²) >= 11 is 1.21. The second-order valence-electron chi connectivity index (χ2n) is 6.20. The molecule has 2 aromatic rings. The fraction of sp³-hybridized carbons (Fsp3) is 0.222. The molecule has 3 rings (SSSR count). The maximum atomic E-state index is 12.7. The second-order valence-corrected chi connectivity index (χ2v) is 6.94. The van der Waals surface area contributed by atoms with Crippen LogP contribution in [0.4, 0.5) is 0 Å². The van der Waals surface area contributed by atoms with E-state index in [-0.39, 0.29) is 35.4 Å². The Kier molecular flexibility index (Phi) is 5.59. The van der Waals surface area contributed by atoms with Gasteiger partial charge in [-0.1, -0.05) is 12.1 Å². The molecule has 28 heavy (non-hydrogen) atoms. The van der Waals surface area contributed by atoms with Crippen molar-refractivity contribution in [1.82, 2.24) is 10.2 Å². The molecule has 0 aliphatic carbocycles. The fourth-order valence-corrected chi connectivity index (χ4v) is 3.57. The molecule has 1 aromatic heterocycles. The Morgan fingerprint density at radius 3 is 2.43 bits per heavy atom. The van der Waals surface area contributed by atoms with E-state index in [0.29, 0.717) is 18.7 Å². The quantitative estimate of drug-likeness (QED) is 0.595. The SMILES string of the molecule is NC(=O)COc1ccccc1C(=O)N1CC(NC(=O)c2cscc2C(N)=O)C1. The number of nitrogens with one attached hydrogen (secondary N) is 1. The van der Waals surface area contributed by atoms with Gasteiger partial charge in [-0.3, -0.25) is 19.2 Å². The summed E-state index contributed by atoms with van der Waals surface area (Å²) in [5.74, 6) is -1.72. The van der Waals surface area contributed by atoms with Crippen LogP contribution in [0.1, 0.15) is 31.1 Å². The highest BCUT2D eigenvalue weighted by atomic mass is 32.1. The van der Waals surface area contributed by atoms with E-state index in [1.165, 1.54) is 16.7 Å². The van der Waals surface area contributed by atoms with Crippen LogP contribution in [0.2, 0.25) is 0 Å². The number of benzene rings is 1. The predicted molar refractivity (Wildman–Crippen MR) is 101 cm³/mol. The fourth-order valence-electron chi connectivity index (χ4n) is 2.75. The lowest BCUT2D eigenvalue weighted by Crippen LogP contribution is -2.61. The van der Waals surface area contributed by atoms with Gasteiger partial charge in [0.2, 0.25) is 5.91 Å². The van der Waals surface area contributed by atoms with Crippen molar-refractivity contribution in [3.63, 3.8) is 0 Å². The smallest absolute Gasteiger partial charge is 0.257 e. The maximum Gasteiger partial charge on any atom is 0.257 e. The number of likely N-dealkylation sites (tertiary alicyclic amines) is 1. The first-order valence-corrected chi connectivity index (χ1v) is 9.27. The standard InChI is InChI=1S/C18H18N4O5S/c19-15(23)7-27-14-4-2-1-3-11(14)18(26)22-5-10(6-22)21-17(25)13-9-28-8-12(13)16(20)24/h1-4,8-10H,5-7H2,(H2,19,23)(H2,20,24)(H,21,25). The number of thiophene rings is 1. The summed E-state index contributed by atoms with van der Waals surface area (Å²) in [7, 11) is 0. The number of para-hydroxylation sites is 1. The summed E-state index contributed by atoms with van der Waals surface area (Å²) in [5.41, 5.74) is 11.0. The molecule has 0 saturated carbocycles. The van der Waals surface area contributed by atoms with Crippen LogP contribution in [0.3, 0.4) is 0 Å². The van der Waals surface area contributed by atoms with Gasteiger partial charge in [0.15, 0.2) is 6.61 Å². The Morgan fingerprint density at radius 2 is 1.75 bits per heavy atom. The summed E-state index contributed by atoms with van der Waals surface area (Å²) in [4.78, 5) is 48.7. The average Bonchev–Trinajstić information content (AvgIpc) is 3.12. The normalized spacial score (nSPS) is 13.5. The first-order valence-electron chi connectivity index (χ1n) is 8.33. The van der Waals surface area contributed by atoms with Crippen molar-refractivity contribution < 1.29 is 23.9 Å². The molecule has 4 amide bonds. The van der Waals surface area contributed by atoms with Crippen molar-refractivity contribution in [1.29, 1.82) is 0 Å². The van der Waals surface area contributed by atoms with E-state index in [2.05, 4.69) is 5.32 Å². The molecule has 1 fully saturated rings. The molecule has 0 spiro atoms. The highest BCUT2D eigenvalue weighted by Crippen LogP contribution is 2.23. The minimum Gasteiger partial charge on any atom is -0.483 e. The largest absolute Gasteiger partial charge is 0.483 e. The van der Waals surface area contributed by atoms with Gasteiger partial charge in [-0.2, -0.15) is 11.3 Å². The Balaban J connectivity index is 1.59. The van der Waals surface area contributed by atoms with Crippen LogP contribution in [0.25, 0.3) is 0 Å². The van der Waals surface area contributed by atoms with Crippen LogP contribution in [0, 0.1) is 0 Å². The second kappa shape index (κ2) is 8.09. The van der Waals surface area contributed by atoms with Crippen molar-refractivity contribution in [2.75, 3.05) is 19.7 Å². The molecule has 146 valence electrons. The first kappa shape index (κ1) is 19.4. The zero-order valence-electron chi connectivity index (χ0n) is 14.7. The van der Waals surface area contributed by atoms with E-state index >= 15 is 0 Å². The Labute approximate surface area is 164 Å². The van der Waals surface area contributed by atoms with E-state index < -0.39 is 17.7 Å². The molecule has 1 aromatic carbocycles.